The quantitative estimate of drug-likeness (QED) is 0.718. The molecule has 1 aromatic carbocycles. The molecule has 14 heavy (non-hydrogen) atoms. The highest BCUT2D eigenvalue weighted by Gasteiger charge is 1.98. The number of phenolic OH excluding ortho intramolecular Hbond substituents is 1. The van der Waals surface area contributed by atoms with E-state index in [1.54, 1.807) is 24.3 Å². The number of nitrogens with zero attached hydrogens (tertiary/aromatic N) is 2. The van der Waals surface area contributed by atoms with Crippen LogP contribution in [0.3, 0.4) is 0 Å². The van der Waals surface area contributed by atoms with Crippen LogP contribution >= 0.6 is 0 Å². The lowest BCUT2D eigenvalue weighted by Crippen LogP contribution is -2.16. The summed E-state index contributed by atoms with van der Waals surface area (Å²) in [5.41, 5.74) is 0.698. The summed E-state index contributed by atoms with van der Waals surface area (Å²) < 4.78 is 1.45. The van der Waals surface area contributed by atoms with Gasteiger partial charge in [-0.15, -0.1) is 0 Å². The summed E-state index contributed by atoms with van der Waals surface area (Å²) in [7, 11) is 0. The molecular weight excluding hydrogens is 182 g/mol. The number of phenols is 1. The monoisotopic (exact) mass is 191 g/mol. The molecule has 0 bridgehead atoms. The Hall–Kier alpha value is -2.04. The fourth-order valence-electron chi connectivity index (χ4n) is 1.18. The first kappa shape index (κ1) is 8.55. The van der Waals surface area contributed by atoms with Gasteiger partial charge in [0.25, 0.3) is 0 Å². The van der Waals surface area contributed by atoms with Crippen LogP contribution in [-0.4, -0.2) is 19.9 Å². The lowest BCUT2D eigenvalue weighted by molar-refractivity contribution is 0.475. The van der Waals surface area contributed by atoms with Crippen molar-refractivity contribution in [2.24, 2.45) is 0 Å². The van der Waals surface area contributed by atoms with Crippen molar-refractivity contribution in [2.75, 3.05) is 0 Å². The maximum atomic E-state index is 11.1. The van der Waals surface area contributed by atoms with Gasteiger partial charge in [0.05, 0.1) is 6.54 Å². The number of hydrogen-bond acceptors (Lipinski definition) is 3. The number of hydrogen-bond donors (Lipinski definition) is 2. The molecule has 2 rings (SSSR count). The van der Waals surface area contributed by atoms with Gasteiger partial charge in [0.2, 0.25) is 0 Å². The second kappa shape index (κ2) is 3.37. The molecule has 5 nitrogen and oxygen atoms in total. The number of aromatic hydroxyl groups is 1. The lowest BCUT2D eigenvalue weighted by Gasteiger charge is -2.00. The average Bonchev–Trinajstić information content (AvgIpc) is 2.56. The Bertz CT molecular complexity index is 469. The van der Waals surface area contributed by atoms with Crippen molar-refractivity contribution < 1.29 is 5.11 Å². The SMILES string of the molecule is O=c1[nH]ncn1Cc1ccc(O)cc1. The highest BCUT2D eigenvalue weighted by molar-refractivity contribution is 5.25. The van der Waals surface area contributed by atoms with E-state index in [9.17, 15) is 4.79 Å². The predicted octanol–water partition coefficient (Wildman–Crippen LogP) is 0.325. The molecular formula is C9H9N3O2. The maximum absolute atomic E-state index is 11.1. The second-order valence-electron chi connectivity index (χ2n) is 2.96. The van der Waals surface area contributed by atoms with Crippen molar-refractivity contribution in [3.63, 3.8) is 0 Å². The van der Waals surface area contributed by atoms with E-state index in [2.05, 4.69) is 10.2 Å². The third-order valence-electron chi connectivity index (χ3n) is 1.91. The molecule has 2 aromatic rings. The normalized spacial score (nSPS) is 10.3. The van der Waals surface area contributed by atoms with Crippen LogP contribution in [0.1, 0.15) is 5.56 Å². The first-order chi connectivity index (χ1) is 6.75. The Balaban J connectivity index is 2.23. The van der Waals surface area contributed by atoms with Crippen LogP contribution in [0.15, 0.2) is 35.4 Å². The molecule has 72 valence electrons. The first-order valence-corrected chi connectivity index (χ1v) is 4.13. The number of rotatable bonds is 2. The van der Waals surface area contributed by atoms with Crippen LogP contribution in [0.5, 0.6) is 5.75 Å². The summed E-state index contributed by atoms with van der Waals surface area (Å²) in [6.07, 6.45) is 1.44. The number of H-pyrrole nitrogens is 1. The van der Waals surface area contributed by atoms with Crippen LogP contribution in [0.2, 0.25) is 0 Å². The van der Waals surface area contributed by atoms with Gasteiger partial charge in [-0.2, -0.15) is 5.10 Å². The molecule has 0 atom stereocenters. The van der Waals surface area contributed by atoms with Crippen molar-refractivity contribution in [3.8, 4) is 5.75 Å². The summed E-state index contributed by atoms with van der Waals surface area (Å²) in [6, 6.07) is 6.68. The molecule has 2 N–H and O–H groups in total. The Morgan fingerprint density at radius 1 is 1.36 bits per heavy atom. The summed E-state index contributed by atoms with van der Waals surface area (Å²) in [4.78, 5) is 11.1. The van der Waals surface area contributed by atoms with E-state index in [1.807, 2.05) is 0 Å². The fraction of sp³-hybridized carbons (Fsp3) is 0.111. The van der Waals surface area contributed by atoms with Crippen LogP contribution in [0.4, 0.5) is 0 Å². The van der Waals surface area contributed by atoms with Crippen LogP contribution in [-0.2, 0) is 6.54 Å². The maximum Gasteiger partial charge on any atom is 0.343 e. The van der Waals surface area contributed by atoms with Gasteiger partial charge in [0.1, 0.15) is 12.1 Å². The topological polar surface area (TPSA) is 70.9 Å². The molecule has 0 radical (unpaired) electrons. The average molecular weight is 191 g/mol. The van der Waals surface area contributed by atoms with E-state index < -0.39 is 0 Å². The fourth-order valence-corrected chi connectivity index (χ4v) is 1.18. The minimum atomic E-state index is -0.238. The summed E-state index contributed by atoms with van der Waals surface area (Å²) in [5, 5.41) is 15.0. The Labute approximate surface area is 79.6 Å². The van der Waals surface area contributed by atoms with Crippen molar-refractivity contribution in [2.45, 2.75) is 6.54 Å². The number of benzene rings is 1. The molecule has 0 saturated heterocycles. The number of aromatic amines is 1. The van der Waals surface area contributed by atoms with Crippen LogP contribution in [0.25, 0.3) is 0 Å². The zero-order valence-corrected chi connectivity index (χ0v) is 7.34. The zero-order valence-electron chi connectivity index (χ0n) is 7.34. The van der Waals surface area contributed by atoms with Crippen molar-refractivity contribution >= 4 is 0 Å². The van der Waals surface area contributed by atoms with Crippen molar-refractivity contribution in [1.82, 2.24) is 14.8 Å². The van der Waals surface area contributed by atoms with Gasteiger partial charge in [-0.25, -0.2) is 9.89 Å². The third kappa shape index (κ3) is 1.66. The molecule has 0 aliphatic rings. The standard InChI is InChI=1S/C9H9N3O2/c13-8-3-1-7(2-4-8)5-12-6-10-11-9(12)14/h1-4,6,13H,5H2,(H,11,14). The third-order valence-corrected chi connectivity index (χ3v) is 1.91. The molecule has 0 spiro atoms. The minimum absolute atomic E-state index is 0.216. The zero-order chi connectivity index (χ0) is 9.97. The van der Waals surface area contributed by atoms with Gasteiger partial charge in [0, 0.05) is 0 Å². The van der Waals surface area contributed by atoms with E-state index in [0.717, 1.165) is 5.56 Å². The van der Waals surface area contributed by atoms with Gasteiger partial charge in [-0.05, 0) is 17.7 Å². The van der Waals surface area contributed by atoms with Gasteiger partial charge in [-0.1, -0.05) is 12.1 Å². The molecule has 1 heterocycles. The van der Waals surface area contributed by atoms with E-state index in [-0.39, 0.29) is 11.4 Å². The molecule has 0 aliphatic heterocycles. The number of nitrogens with one attached hydrogen (secondary N) is 1. The molecule has 0 saturated carbocycles. The molecule has 0 aliphatic carbocycles. The Kier molecular flexibility index (Phi) is 2.06. The Morgan fingerprint density at radius 2 is 2.07 bits per heavy atom. The molecule has 1 aromatic heterocycles. The minimum Gasteiger partial charge on any atom is -0.508 e. The highest BCUT2D eigenvalue weighted by atomic mass is 16.3. The van der Waals surface area contributed by atoms with Gasteiger partial charge in [-0.3, -0.25) is 4.57 Å². The van der Waals surface area contributed by atoms with Crippen molar-refractivity contribution in [3.05, 3.63) is 46.6 Å². The molecule has 0 fully saturated rings. The molecule has 0 unspecified atom stereocenters. The van der Waals surface area contributed by atoms with Gasteiger partial charge < -0.3 is 5.11 Å². The van der Waals surface area contributed by atoms with Crippen LogP contribution < -0.4 is 5.69 Å². The summed E-state index contributed by atoms with van der Waals surface area (Å²) in [6.45, 7) is 0.454. The summed E-state index contributed by atoms with van der Waals surface area (Å²) in [5.74, 6) is 0.216. The molecule has 0 amide bonds. The van der Waals surface area contributed by atoms with E-state index in [4.69, 9.17) is 5.11 Å². The van der Waals surface area contributed by atoms with Gasteiger partial charge >= 0.3 is 5.69 Å². The van der Waals surface area contributed by atoms with E-state index in [1.165, 1.54) is 10.9 Å². The first-order valence-electron chi connectivity index (χ1n) is 4.13. The predicted molar refractivity (Wildman–Crippen MR) is 50.1 cm³/mol. The van der Waals surface area contributed by atoms with Crippen molar-refractivity contribution in [1.29, 1.82) is 0 Å². The Morgan fingerprint density at radius 3 is 2.64 bits per heavy atom. The van der Waals surface area contributed by atoms with E-state index >= 15 is 0 Å². The molecule has 5 heteroatoms. The lowest BCUT2D eigenvalue weighted by atomic mass is 10.2. The van der Waals surface area contributed by atoms with E-state index in [0.29, 0.717) is 6.54 Å². The second-order valence-corrected chi connectivity index (χ2v) is 2.96. The smallest absolute Gasteiger partial charge is 0.343 e. The highest BCUT2D eigenvalue weighted by Crippen LogP contribution is 2.09. The largest absolute Gasteiger partial charge is 0.508 e. The van der Waals surface area contributed by atoms with Crippen LogP contribution in [0, 0.1) is 0 Å². The van der Waals surface area contributed by atoms with Gasteiger partial charge in [0.15, 0.2) is 0 Å². The number of aromatic nitrogens is 3. The summed E-state index contributed by atoms with van der Waals surface area (Å²) >= 11 is 0.